The van der Waals surface area contributed by atoms with Crippen LogP contribution >= 0.6 is 0 Å². The van der Waals surface area contributed by atoms with Crippen molar-refractivity contribution in [1.82, 2.24) is 14.9 Å². The van der Waals surface area contributed by atoms with E-state index in [4.69, 9.17) is 4.74 Å². The van der Waals surface area contributed by atoms with Crippen molar-refractivity contribution in [3.63, 3.8) is 0 Å². The highest BCUT2D eigenvalue weighted by Crippen LogP contribution is 2.18. The molecule has 5 nitrogen and oxygen atoms in total. The third kappa shape index (κ3) is 2.29. The lowest BCUT2D eigenvalue weighted by Gasteiger charge is -2.26. The molecule has 5 heteroatoms. The van der Waals surface area contributed by atoms with Crippen LogP contribution in [0.4, 0.5) is 0 Å². The summed E-state index contributed by atoms with van der Waals surface area (Å²) >= 11 is 0. The molecule has 1 fully saturated rings. The summed E-state index contributed by atoms with van der Waals surface area (Å²) in [5, 5.41) is 0. The van der Waals surface area contributed by atoms with Gasteiger partial charge in [-0.3, -0.25) is 4.79 Å². The van der Waals surface area contributed by atoms with Gasteiger partial charge in [0.15, 0.2) is 0 Å². The monoisotopic (exact) mass is 293 g/mol. The molecule has 2 heterocycles. The van der Waals surface area contributed by atoms with Crippen molar-refractivity contribution in [3.8, 4) is 0 Å². The van der Waals surface area contributed by atoms with Crippen LogP contribution in [0.3, 0.4) is 0 Å². The van der Waals surface area contributed by atoms with E-state index in [1.807, 2.05) is 47.4 Å². The zero-order valence-electron chi connectivity index (χ0n) is 12.0. The van der Waals surface area contributed by atoms with E-state index >= 15 is 0 Å². The summed E-state index contributed by atoms with van der Waals surface area (Å²) < 4.78 is 5.29. The van der Waals surface area contributed by atoms with Crippen LogP contribution in [0.1, 0.15) is 10.4 Å². The van der Waals surface area contributed by atoms with Gasteiger partial charge in [-0.25, -0.2) is 9.97 Å². The number of ether oxygens (including phenoxy) is 1. The number of nitrogens with zero attached hydrogens (tertiary/aromatic N) is 3. The minimum atomic E-state index is 0.0279. The van der Waals surface area contributed by atoms with Crippen molar-refractivity contribution in [1.29, 1.82) is 0 Å². The van der Waals surface area contributed by atoms with E-state index in [0.29, 0.717) is 31.9 Å². The highest BCUT2D eigenvalue weighted by molar-refractivity contribution is 5.98. The molecule has 1 aromatic heterocycles. The van der Waals surface area contributed by atoms with Crippen LogP contribution in [-0.2, 0) is 4.74 Å². The molecule has 2 aromatic carbocycles. The zero-order valence-corrected chi connectivity index (χ0v) is 12.0. The molecule has 0 aliphatic carbocycles. The van der Waals surface area contributed by atoms with Crippen molar-refractivity contribution >= 4 is 28.0 Å². The van der Waals surface area contributed by atoms with Crippen LogP contribution in [0.2, 0.25) is 0 Å². The van der Waals surface area contributed by atoms with Gasteiger partial charge in [0.05, 0.1) is 35.3 Å². The van der Waals surface area contributed by atoms with E-state index < -0.39 is 0 Å². The number of rotatable bonds is 1. The quantitative estimate of drug-likeness (QED) is 0.646. The molecule has 0 N–H and O–H groups in total. The number of morpholine rings is 1. The Morgan fingerprint density at radius 3 is 2.27 bits per heavy atom. The zero-order chi connectivity index (χ0) is 14.9. The predicted molar refractivity (Wildman–Crippen MR) is 83.8 cm³/mol. The molecule has 110 valence electrons. The molecule has 1 aliphatic heterocycles. The van der Waals surface area contributed by atoms with Gasteiger partial charge >= 0.3 is 0 Å². The molecule has 0 radical (unpaired) electrons. The molecular weight excluding hydrogens is 278 g/mol. The second kappa shape index (κ2) is 5.35. The smallest absolute Gasteiger partial charge is 0.254 e. The van der Waals surface area contributed by atoms with Crippen molar-refractivity contribution < 1.29 is 9.53 Å². The Balaban J connectivity index is 1.76. The van der Waals surface area contributed by atoms with Gasteiger partial charge in [0.25, 0.3) is 5.91 Å². The normalized spacial score (nSPS) is 15.4. The van der Waals surface area contributed by atoms with Gasteiger partial charge in [-0.1, -0.05) is 12.1 Å². The number of aromatic nitrogens is 2. The molecule has 22 heavy (non-hydrogen) atoms. The molecule has 1 saturated heterocycles. The first-order valence-electron chi connectivity index (χ1n) is 7.35. The van der Waals surface area contributed by atoms with Crippen LogP contribution in [0.25, 0.3) is 22.1 Å². The fourth-order valence-corrected chi connectivity index (χ4v) is 2.70. The Morgan fingerprint density at radius 1 is 0.909 bits per heavy atom. The van der Waals surface area contributed by atoms with Crippen LogP contribution in [0, 0.1) is 0 Å². The number of hydrogen-bond donors (Lipinski definition) is 0. The van der Waals surface area contributed by atoms with E-state index in [1.165, 1.54) is 0 Å². The fourth-order valence-electron chi connectivity index (χ4n) is 2.70. The van der Waals surface area contributed by atoms with E-state index in [0.717, 1.165) is 22.1 Å². The lowest BCUT2D eigenvalue weighted by molar-refractivity contribution is 0.0303. The van der Waals surface area contributed by atoms with Crippen molar-refractivity contribution in [2.75, 3.05) is 26.3 Å². The predicted octanol–water partition coefficient (Wildman–Crippen LogP) is 2.26. The standard InChI is InChI=1S/C17H15N3O2/c21-17(20-7-9-22-10-8-20)12-5-6-15-16(11-12)19-14-4-2-1-3-13(14)18-15/h1-6,11H,7-10H2. The number of carbonyl (C=O) groups excluding carboxylic acids is 1. The van der Waals surface area contributed by atoms with Gasteiger partial charge in [-0.15, -0.1) is 0 Å². The number of para-hydroxylation sites is 2. The summed E-state index contributed by atoms with van der Waals surface area (Å²) in [4.78, 5) is 23.5. The minimum Gasteiger partial charge on any atom is -0.378 e. The Labute approximate surface area is 127 Å². The van der Waals surface area contributed by atoms with Gasteiger partial charge in [-0.05, 0) is 30.3 Å². The van der Waals surface area contributed by atoms with Gasteiger partial charge in [0.2, 0.25) is 0 Å². The number of carbonyl (C=O) groups is 1. The molecule has 0 spiro atoms. The molecule has 0 unspecified atom stereocenters. The van der Waals surface area contributed by atoms with E-state index in [1.54, 1.807) is 0 Å². The van der Waals surface area contributed by atoms with Crippen molar-refractivity contribution in [2.45, 2.75) is 0 Å². The first-order chi connectivity index (χ1) is 10.8. The van der Waals surface area contributed by atoms with Crippen LogP contribution < -0.4 is 0 Å². The Bertz CT molecular complexity index is 857. The molecule has 3 aromatic rings. The molecule has 0 atom stereocenters. The lowest BCUT2D eigenvalue weighted by Crippen LogP contribution is -2.40. The average Bonchev–Trinajstić information content (AvgIpc) is 2.59. The maximum atomic E-state index is 12.5. The lowest BCUT2D eigenvalue weighted by atomic mass is 10.1. The maximum Gasteiger partial charge on any atom is 0.254 e. The average molecular weight is 293 g/mol. The van der Waals surface area contributed by atoms with Gasteiger partial charge in [0, 0.05) is 18.7 Å². The summed E-state index contributed by atoms with van der Waals surface area (Å²) in [5.41, 5.74) is 3.90. The molecule has 0 saturated carbocycles. The topological polar surface area (TPSA) is 55.3 Å². The molecule has 1 amide bonds. The van der Waals surface area contributed by atoms with Gasteiger partial charge < -0.3 is 9.64 Å². The summed E-state index contributed by atoms with van der Waals surface area (Å²) in [6.07, 6.45) is 0. The molecule has 1 aliphatic rings. The highest BCUT2D eigenvalue weighted by atomic mass is 16.5. The summed E-state index contributed by atoms with van der Waals surface area (Å²) in [6.45, 7) is 2.48. The Morgan fingerprint density at radius 2 is 1.55 bits per heavy atom. The summed E-state index contributed by atoms with van der Waals surface area (Å²) in [5.74, 6) is 0.0279. The minimum absolute atomic E-state index is 0.0279. The second-order valence-electron chi connectivity index (χ2n) is 5.32. The first-order valence-corrected chi connectivity index (χ1v) is 7.35. The van der Waals surface area contributed by atoms with E-state index in [2.05, 4.69) is 9.97 Å². The Hall–Kier alpha value is -2.53. The number of hydrogen-bond acceptors (Lipinski definition) is 4. The van der Waals surface area contributed by atoms with Crippen LogP contribution in [-0.4, -0.2) is 47.1 Å². The number of fused-ring (bicyclic) bond motifs is 2. The number of amides is 1. The highest BCUT2D eigenvalue weighted by Gasteiger charge is 2.19. The molecular formula is C17H15N3O2. The van der Waals surface area contributed by atoms with Crippen molar-refractivity contribution in [2.24, 2.45) is 0 Å². The van der Waals surface area contributed by atoms with Crippen molar-refractivity contribution in [3.05, 3.63) is 48.0 Å². The van der Waals surface area contributed by atoms with Crippen LogP contribution in [0.15, 0.2) is 42.5 Å². The molecule has 0 bridgehead atoms. The van der Waals surface area contributed by atoms with Gasteiger partial charge in [0.1, 0.15) is 0 Å². The number of benzene rings is 2. The largest absolute Gasteiger partial charge is 0.378 e. The maximum absolute atomic E-state index is 12.5. The van der Waals surface area contributed by atoms with E-state index in [9.17, 15) is 4.79 Å². The van der Waals surface area contributed by atoms with Gasteiger partial charge in [-0.2, -0.15) is 0 Å². The first kappa shape index (κ1) is 13.2. The summed E-state index contributed by atoms with van der Waals surface area (Å²) in [7, 11) is 0. The third-order valence-electron chi connectivity index (χ3n) is 3.88. The third-order valence-corrected chi connectivity index (χ3v) is 3.88. The second-order valence-corrected chi connectivity index (χ2v) is 5.32. The van der Waals surface area contributed by atoms with Crippen LogP contribution in [0.5, 0.6) is 0 Å². The van der Waals surface area contributed by atoms with E-state index in [-0.39, 0.29) is 5.91 Å². The Kier molecular flexibility index (Phi) is 3.20. The SMILES string of the molecule is O=C(c1ccc2nc3ccccc3nc2c1)N1CCOCC1. The fraction of sp³-hybridized carbons (Fsp3) is 0.235. The summed E-state index contributed by atoms with van der Waals surface area (Å²) in [6, 6.07) is 13.3. The molecule has 4 rings (SSSR count).